The second kappa shape index (κ2) is 11.1. The number of aromatic nitrogens is 4. The summed E-state index contributed by atoms with van der Waals surface area (Å²) in [4.78, 5) is 49.2. The number of aliphatic hydroxyl groups is 2. The Bertz CT molecular complexity index is 1690. The van der Waals surface area contributed by atoms with E-state index in [2.05, 4.69) is 25.6 Å². The third-order valence-electron chi connectivity index (χ3n) is 7.04. The van der Waals surface area contributed by atoms with Gasteiger partial charge >= 0.3 is 0 Å². The second-order valence-electron chi connectivity index (χ2n) is 9.86. The fraction of sp³-hybridized carbons (Fsp3) is 0.296. The van der Waals surface area contributed by atoms with E-state index in [1.54, 1.807) is 18.2 Å². The van der Waals surface area contributed by atoms with Gasteiger partial charge in [-0.15, -0.1) is 0 Å². The summed E-state index contributed by atoms with van der Waals surface area (Å²) in [6.07, 6.45) is -4.79. The molecule has 0 spiro atoms. The van der Waals surface area contributed by atoms with Crippen LogP contribution in [-0.4, -0.2) is 72.7 Å². The molecule has 6 rings (SSSR count). The average molecular weight is 578 g/mol. The molecule has 7 N–H and O–H groups in total. The molecule has 2 aliphatic heterocycles. The summed E-state index contributed by atoms with van der Waals surface area (Å²) in [5.41, 5.74) is 6.52. The summed E-state index contributed by atoms with van der Waals surface area (Å²) < 4.78 is 17.7. The number of rotatable bonds is 8. The quantitative estimate of drug-likeness (QED) is 0.151. The molecule has 2 aromatic heterocycles. The third-order valence-corrected chi connectivity index (χ3v) is 7.04. The van der Waals surface area contributed by atoms with Crippen molar-refractivity contribution in [3.8, 4) is 11.5 Å². The van der Waals surface area contributed by atoms with Gasteiger partial charge in [0.2, 0.25) is 18.6 Å². The Hall–Kier alpha value is -4.99. The Morgan fingerprint density at radius 2 is 1.88 bits per heavy atom. The maximum atomic E-state index is 13.4. The average Bonchev–Trinajstić information content (AvgIpc) is 3.69. The number of aromatic amines is 1. The first-order valence-corrected chi connectivity index (χ1v) is 13.0. The molecule has 0 saturated carbocycles. The Morgan fingerprint density at radius 3 is 2.69 bits per heavy atom. The topological polar surface area (TPSA) is 216 Å². The molecular weight excluding hydrogens is 550 g/mol. The van der Waals surface area contributed by atoms with E-state index >= 15 is 0 Å². The van der Waals surface area contributed by atoms with Gasteiger partial charge in [-0.3, -0.25) is 23.9 Å². The van der Waals surface area contributed by atoms with Crippen LogP contribution in [-0.2, 0) is 27.3 Å². The molecule has 2 aromatic carbocycles. The van der Waals surface area contributed by atoms with Gasteiger partial charge < -0.3 is 40.8 Å². The lowest BCUT2D eigenvalue weighted by Gasteiger charge is -2.22. The van der Waals surface area contributed by atoms with E-state index in [9.17, 15) is 24.6 Å². The number of carbonyl (C=O) groups excluding carboxylic acids is 2. The predicted octanol–water partition coefficient (Wildman–Crippen LogP) is -0.906. The van der Waals surface area contributed by atoms with E-state index in [1.165, 1.54) is 10.9 Å². The molecule has 0 bridgehead atoms. The number of benzene rings is 2. The van der Waals surface area contributed by atoms with Crippen LogP contribution in [0.5, 0.6) is 11.5 Å². The van der Waals surface area contributed by atoms with Crippen molar-refractivity contribution in [2.24, 2.45) is 0 Å². The number of nitrogen functional groups attached to an aromatic ring is 1. The summed E-state index contributed by atoms with van der Waals surface area (Å²) in [5, 5.41) is 27.0. The summed E-state index contributed by atoms with van der Waals surface area (Å²) in [7, 11) is 0. The van der Waals surface area contributed by atoms with Gasteiger partial charge in [0.1, 0.15) is 18.2 Å². The number of nitrogens with two attached hydrogens (primary N) is 1. The van der Waals surface area contributed by atoms with Crippen molar-refractivity contribution >= 4 is 28.9 Å². The Balaban J connectivity index is 1.18. The smallest absolute Gasteiger partial charge is 0.280 e. The molecule has 42 heavy (non-hydrogen) atoms. The molecule has 218 valence electrons. The molecule has 5 atom stereocenters. The number of hydrogen-bond donors (Lipinski definition) is 6. The molecule has 4 aromatic rings. The van der Waals surface area contributed by atoms with Gasteiger partial charge in [-0.1, -0.05) is 36.4 Å². The lowest BCUT2D eigenvalue weighted by molar-refractivity contribution is -0.140. The Morgan fingerprint density at radius 1 is 1.10 bits per heavy atom. The van der Waals surface area contributed by atoms with Crippen LogP contribution >= 0.6 is 0 Å². The van der Waals surface area contributed by atoms with Crippen molar-refractivity contribution in [1.82, 2.24) is 30.2 Å². The maximum absolute atomic E-state index is 13.4. The van der Waals surface area contributed by atoms with Gasteiger partial charge in [0.25, 0.3) is 11.5 Å². The van der Waals surface area contributed by atoms with Crippen molar-refractivity contribution in [3.63, 3.8) is 0 Å². The highest BCUT2D eigenvalue weighted by atomic mass is 16.7. The van der Waals surface area contributed by atoms with Crippen molar-refractivity contribution in [3.05, 3.63) is 76.3 Å². The number of H-pyrrole nitrogens is 1. The normalized spacial score (nSPS) is 21.8. The lowest BCUT2D eigenvalue weighted by Crippen LogP contribution is -2.52. The molecule has 15 heteroatoms. The number of amides is 2. The summed E-state index contributed by atoms with van der Waals surface area (Å²) >= 11 is 0. The molecule has 0 radical (unpaired) electrons. The summed E-state index contributed by atoms with van der Waals surface area (Å²) in [6, 6.07) is 13.3. The van der Waals surface area contributed by atoms with E-state index in [1.807, 2.05) is 30.3 Å². The molecule has 1 saturated heterocycles. The van der Waals surface area contributed by atoms with Gasteiger partial charge in [-0.25, -0.2) is 4.98 Å². The van der Waals surface area contributed by atoms with Gasteiger partial charge in [-0.05, 0) is 23.3 Å². The van der Waals surface area contributed by atoms with Gasteiger partial charge in [-0.2, -0.15) is 4.98 Å². The molecule has 2 amide bonds. The first-order chi connectivity index (χ1) is 20.3. The number of anilines is 1. The van der Waals surface area contributed by atoms with Crippen molar-refractivity contribution in [2.75, 3.05) is 12.5 Å². The van der Waals surface area contributed by atoms with Crippen LogP contribution in [0.1, 0.15) is 17.4 Å². The highest BCUT2D eigenvalue weighted by molar-refractivity contribution is 5.90. The minimum absolute atomic E-state index is 0.00147. The first kappa shape index (κ1) is 27.2. The Kier molecular flexibility index (Phi) is 7.20. The number of imidazole rings is 1. The largest absolute Gasteiger partial charge is 0.454 e. The minimum atomic E-state index is -1.67. The molecular formula is C27H27N7O8. The lowest BCUT2D eigenvalue weighted by atomic mass is 10.0. The summed E-state index contributed by atoms with van der Waals surface area (Å²) in [5.74, 6) is -0.298. The number of nitrogens with one attached hydrogen (secondary N) is 3. The molecule has 15 nitrogen and oxygen atoms in total. The van der Waals surface area contributed by atoms with Crippen molar-refractivity contribution in [1.29, 1.82) is 0 Å². The van der Waals surface area contributed by atoms with E-state index < -0.39 is 48.0 Å². The highest BCUT2D eigenvalue weighted by Crippen LogP contribution is 2.33. The number of hydrogen-bond acceptors (Lipinski definition) is 11. The van der Waals surface area contributed by atoms with Crippen molar-refractivity contribution in [2.45, 2.75) is 43.5 Å². The predicted molar refractivity (Wildman–Crippen MR) is 145 cm³/mol. The van der Waals surface area contributed by atoms with Gasteiger partial charge in [0, 0.05) is 13.0 Å². The molecule has 0 aliphatic carbocycles. The van der Waals surface area contributed by atoms with Crippen LogP contribution in [0.25, 0.3) is 11.2 Å². The van der Waals surface area contributed by atoms with Crippen LogP contribution in [0.2, 0.25) is 0 Å². The second-order valence-corrected chi connectivity index (χ2v) is 9.86. The fourth-order valence-corrected chi connectivity index (χ4v) is 4.91. The third kappa shape index (κ3) is 5.23. The van der Waals surface area contributed by atoms with E-state index in [4.69, 9.17) is 19.9 Å². The zero-order valence-corrected chi connectivity index (χ0v) is 22.0. The number of carbonyl (C=O) groups is 2. The highest BCUT2D eigenvalue weighted by Gasteiger charge is 2.48. The summed E-state index contributed by atoms with van der Waals surface area (Å²) in [6.45, 7) is 0.282. The first-order valence-electron chi connectivity index (χ1n) is 13.0. The number of ether oxygens (including phenoxy) is 3. The van der Waals surface area contributed by atoms with Crippen LogP contribution in [0.15, 0.2) is 59.7 Å². The van der Waals surface area contributed by atoms with Gasteiger partial charge in [0.05, 0.1) is 6.33 Å². The monoisotopic (exact) mass is 577 g/mol. The number of aliphatic hydroxyl groups excluding tert-OH is 2. The molecule has 0 unspecified atom stereocenters. The molecule has 1 fully saturated rings. The fourth-order valence-electron chi connectivity index (χ4n) is 4.91. The van der Waals surface area contributed by atoms with Crippen LogP contribution in [0.3, 0.4) is 0 Å². The minimum Gasteiger partial charge on any atom is -0.454 e. The van der Waals surface area contributed by atoms with Gasteiger partial charge in [0.15, 0.2) is 35.0 Å². The van der Waals surface area contributed by atoms with Crippen LogP contribution < -0.4 is 31.4 Å². The number of nitrogens with zero attached hydrogens (tertiary/aromatic N) is 3. The van der Waals surface area contributed by atoms with E-state index in [-0.39, 0.29) is 36.9 Å². The standard InChI is InChI=1S/C27H27N7O8/c28-27-32-22-18(24(38)33-27)30-11-34(22)26-20(36)19(35)21(42-26)25(39)31-15(8-13-4-2-1-3-5-13)23(37)29-10-14-6-7-16-17(9-14)41-12-40-16/h1-7,9,11,15,19-21,26,35-36H,8,10,12H2,(H,29,37)(H,31,39)(H3,28,32,33,38)/t15-,19-,20+,21-,26+/m0/s1. The van der Waals surface area contributed by atoms with E-state index in [0.717, 1.165) is 11.1 Å². The van der Waals surface area contributed by atoms with Crippen LogP contribution in [0, 0.1) is 0 Å². The Labute approximate surface area is 237 Å². The molecule has 4 heterocycles. The maximum Gasteiger partial charge on any atom is 0.280 e. The zero-order chi connectivity index (χ0) is 29.4. The number of fused-ring (bicyclic) bond motifs is 2. The van der Waals surface area contributed by atoms with E-state index in [0.29, 0.717) is 11.5 Å². The van der Waals surface area contributed by atoms with Crippen LogP contribution in [0.4, 0.5) is 5.95 Å². The SMILES string of the molecule is Nc1nc2c(ncn2[C@@H]2O[C@H](C(=O)N[C@@H](Cc3ccccc3)C(=O)NCc3ccc4c(c3)OCO4)[C@@H](O)[C@H]2O)c(=O)[nH]1. The zero-order valence-electron chi connectivity index (χ0n) is 22.0. The van der Waals surface area contributed by atoms with Crippen molar-refractivity contribution < 1.29 is 34.0 Å². The molecule has 2 aliphatic rings.